The van der Waals surface area contributed by atoms with Crippen molar-refractivity contribution in [1.82, 2.24) is 4.90 Å². The second-order valence-electron chi connectivity index (χ2n) is 4.87. The molecule has 4 heteroatoms. The average Bonchev–Trinajstić information content (AvgIpc) is 2.37. The minimum atomic E-state index is -0.0905. The van der Waals surface area contributed by atoms with E-state index in [-0.39, 0.29) is 18.2 Å². The molecule has 1 rings (SSSR count). The highest BCUT2D eigenvalue weighted by atomic mass is 16.2. The third-order valence-electron chi connectivity index (χ3n) is 3.06. The minimum absolute atomic E-state index is 0.0517. The topological polar surface area (TPSA) is 49.4 Å². The largest absolute Gasteiger partial charge is 0.339 e. The second kappa shape index (κ2) is 7.48. The van der Waals surface area contributed by atoms with E-state index in [0.717, 1.165) is 16.8 Å². The summed E-state index contributed by atoms with van der Waals surface area (Å²) in [7, 11) is 0. The zero-order chi connectivity index (χ0) is 15.1. The summed E-state index contributed by atoms with van der Waals surface area (Å²) in [6.45, 7) is 9.93. The van der Waals surface area contributed by atoms with Crippen molar-refractivity contribution in [1.29, 1.82) is 0 Å². The lowest BCUT2D eigenvalue weighted by atomic mass is 10.1. The highest BCUT2D eigenvalue weighted by Gasteiger charge is 2.10. The first-order chi connectivity index (χ1) is 9.43. The highest BCUT2D eigenvalue weighted by molar-refractivity contribution is 5.91. The predicted octanol–water partition coefficient (Wildman–Crippen LogP) is 2.67. The second-order valence-corrected chi connectivity index (χ2v) is 4.87. The maximum absolute atomic E-state index is 11.9. The van der Waals surface area contributed by atoms with Gasteiger partial charge < -0.3 is 10.2 Å². The van der Waals surface area contributed by atoms with Crippen LogP contribution in [0.1, 0.15) is 24.5 Å². The van der Waals surface area contributed by atoms with Crippen LogP contribution in [0.3, 0.4) is 0 Å². The fraction of sp³-hybridized carbons (Fsp3) is 0.375. The van der Waals surface area contributed by atoms with E-state index in [1.807, 2.05) is 32.0 Å². The summed E-state index contributed by atoms with van der Waals surface area (Å²) >= 11 is 0. The van der Waals surface area contributed by atoms with Crippen LogP contribution in [0.5, 0.6) is 0 Å². The molecule has 4 nitrogen and oxygen atoms in total. The lowest BCUT2D eigenvalue weighted by Gasteiger charge is -2.18. The van der Waals surface area contributed by atoms with E-state index in [1.54, 1.807) is 11.0 Å². The van der Waals surface area contributed by atoms with Gasteiger partial charge in [0.15, 0.2) is 0 Å². The Morgan fingerprint density at radius 1 is 1.35 bits per heavy atom. The van der Waals surface area contributed by atoms with Crippen LogP contribution < -0.4 is 5.32 Å². The Morgan fingerprint density at radius 2 is 2.05 bits per heavy atom. The molecule has 0 heterocycles. The predicted molar refractivity (Wildman–Crippen MR) is 81.6 cm³/mol. The first kappa shape index (κ1) is 16.0. The van der Waals surface area contributed by atoms with Gasteiger partial charge in [0, 0.05) is 32.1 Å². The fourth-order valence-corrected chi connectivity index (χ4v) is 1.94. The van der Waals surface area contributed by atoms with Gasteiger partial charge in [-0.1, -0.05) is 23.8 Å². The summed E-state index contributed by atoms with van der Waals surface area (Å²) in [4.78, 5) is 24.8. The Kier molecular flexibility index (Phi) is 5.97. The highest BCUT2D eigenvalue weighted by Crippen LogP contribution is 2.16. The molecule has 0 aliphatic rings. The molecule has 0 fully saturated rings. The van der Waals surface area contributed by atoms with Crippen LogP contribution >= 0.6 is 0 Å². The van der Waals surface area contributed by atoms with Crippen LogP contribution in [0, 0.1) is 13.8 Å². The summed E-state index contributed by atoms with van der Waals surface area (Å²) in [6, 6.07) is 5.88. The lowest BCUT2D eigenvalue weighted by Crippen LogP contribution is -2.32. The van der Waals surface area contributed by atoms with Crippen molar-refractivity contribution in [2.45, 2.75) is 27.2 Å². The van der Waals surface area contributed by atoms with Gasteiger partial charge in [-0.05, 0) is 25.5 Å². The van der Waals surface area contributed by atoms with Crippen molar-refractivity contribution in [2.24, 2.45) is 0 Å². The molecule has 0 unspecified atom stereocenters. The maximum atomic E-state index is 11.9. The van der Waals surface area contributed by atoms with Crippen molar-refractivity contribution in [2.75, 3.05) is 18.4 Å². The Balaban J connectivity index is 2.55. The van der Waals surface area contributed by atoms with Crippen molar-refractivity contribution in [3.05, 3.63) is 42.0 Å². The summed E-state index contributed by atoms with van der Waals surface area (Å²) in [5.41, 5.74) is 3.01. The van der Waals surface area contributed by atoms with Gasteiger partial charge in [0.05, 0.1) is 0 Å². The normalized spacial score (nSPS) is 9.95. The van der Waals surface area contributed by atoms with Gasteiger partial charge in [-0.2, -0.15) is 0 Å². The number of benzene rings is 1. The summed E-state index contributed by atoms with van der Waals surface area (Å²) in [5.74, 6) is -0.142. The molecule has 2 amide bonds. The van der Waals surface area contributed by atoms with Crippen molar-refractivity contribution in [3.63, 3.8) is 0 Å². The van der Waals surface area contributed by atoms with Crippen molar-refractivity contribution in [3.8, 4) is 0 Å². The number of carbonyl (C=O) groups is 2. The van der Waals surface area contributed by atoms with Gasteiger partial charge in [-0.3, -0.25) is 9.59 Å². The number of hydrogen-bond acceptors (Lipinski definition) is 2. The summed E-state index contributed by atoms with van der Waals surface area (Å²) in [6.07, 6.45) is 1.93. The number of nitrogens with one attached hydrogen (secondary N) is 1. The third kappa shape index (κ3) is 4.88. The number of aryl methyl sites for hydroxylation is 2. The molecule has 0 atom stereocenters. The molecule has 0 bridgehead atoms. The Bertz CT molecular complexity index is 509. The molecule has 20 heavy (non-hydrogen) atoms. The van der Waals surface area contributed by atoms with E-state index in [2.05, 4.69) is 11.9 Å². The van der Waals surface area contributed by atoms with Crippen LogP contribution in [0.4, 0.5) is 5.69 Å². The van der Waals surface area contributed by atoms with E-state index in [4.69, 9.17) is 0 Å². The summed E-state index contributed by atoms with van der Waals surface area (Å²) in [5, 5.41) is 2.87. The zero-order valence-corrected chi connectivity index (χ0v) is 12.4. The van der Waals surface area contributed by atoms with Gasteiger partial charge in [0.1, 0.15) is 0 Å². The molecule has 1 aromatic carbocycles. The molecule has 0 aliphatic carbocycles. The van der Waals surface area contributed by atoms with E-state index in [9.17, 15) is 9.59 Å². The number of nitrogens with zero attached hydrogens (tertiary/aromatic N) is 1. The number of carbonyl (C=O) groups excluding carboxylic acids is 2. The number of anilines is 1. The molecular weight excluding hydrogens is 252 g/mol. The standard InChI is InChI=1S/C16H22N2O2/c1-5-9-18(14(4)19)10-8-16(20)17-15-7-6-12(2)11-13(15)3/h5-7,11H,1,8-10H2,2-4H3,(H,17,20). The van der Waals surface area contributed by atoms with Crippen LogP contribution in [0.2, 0.25) is 0 Å². The van der Waals surface area contributed by atoms with E-state index >= 15 is 0 Å². The average molecular weight is 274 g/mol. The zero-order valence-electron chi connectivity index (χ0n) is 12.4. The van der Waals surface area contributed by atoms with Crippen molar-refractivity contribution < 1.29 is 9.59 Å². The summed E-state index contributed by atoms with van der Waals surface area (Å²) < 4.78 is 0. The first-order valence-corrected chi connectivity index (χ1v) is 6.67. The maximum Gasteiger partial charge on any atom is 0.226 e. The number of hydrogen-bond donors (Lipinski definition) is 1. The molecule has 1 aromatic rings. The Morgan fingerprint density at radius 3 is 2.60 bits per heavy atom. The molecule has 0 spiro atoms. The van der Waals surface area contributed by atoms with Crippen LogP contribution in [-0.2, 0) is 9.59 Å². The minimum Gasteiger partial charge on any atom is -0.339 e. The third-order valence-corrected chi connectivity index (χ3v) is 3.06. The molecule has 0 saturated carbocycles. The van der Waals surface area contributed by atoms with E-state index < -0.39 is 0 Å². The van der Waals surface area contributed by atoms with Gasteiger partial charge in [-0.25, -0.2) is 0 Å². The number of rotatable bonds is 6. The monoisotopic (exact) mass is 274 g/mol. The molecule has 108 valence electrons. The Hall–Kier alpha value is -2.10. The smallest absolute Gasteiger partial charge is 0.226 e. The van der Waals surface area contributed by atoms with Gasteiger partial charge in [0.2, 0.25) is 11.8 Å². The first-order valence-electron chi connectivity index (χ1n) is 6.67. The molecule has 0 radical (unpaired) electrons. The number of amides is 2. The van der Waals surface area contributed by atoms with E-state index in [0.29, 0.717) is 13.1 Å². The quantitative estimate of drug-likeness (QED) is 0.811. The van der Waals surface area contributed by atoms with E-state index in [1.165, 1.54) is 6.92 Å². The van der Waals surface area contributed by atoms with Crippen LogP contribution in [0.15, 0.2) is 30.9 Å². The fourth-order valence-electron chi connectivity index (χ4n) is 1.94. The molecular formula is C16H22N2O2. The van der Waals surface area contributed by atoms with Gasteiger partial charge in [0.25, 0.3) is 0 Å². The SMILES string of the molecule is C=CCN(CCC(=O)Nc1ccc(C)cc1C)C(C)=O. The van der Waals surface area contributed by atoms with Crippen LogP contribution in [-0.4, -0.2) is 29.8 Å². The van der Waals surface area contributed by atoms with Crippen LogP contribution in [0.25, 0.3) is 0 Å². The molecule has 0 saturated heterocycles. The molecule has 1 N–H and O–H groups in total. The molecule has 0 aliphatic heterocycles. The molecule has 0 aromatic heterocycles. The van der Waals surface area contributed by atoms with Gasteiger partial charge >= 0.3 is 0 Å². The lowest BCUT2D eigenvalue weighted by molar-refractivity contribution is -0.128. The Labute approximate surface area is 120 Å². The van der Waals surface area contributed by atoms with Crippen molar-refractivity contribution >= 4 is 17.5 Å². The van der Waals surface area contributed by atoms with Gasteiger partial charge in [-0.15, -0.1) is 6.58 Å².